The maximum Gasteiger partial charge on any atom is 0.349 e. The maximum atomic E-state index is 10.6. The van der Waals surface area contributed by atoms with Crippen molar-refractivity contribution in [2.24, 2.45) is 0 Å². The Morgan fingerprint density at radius 1 is 1.27 bits per heavy atom. The van der Waals surface area contributed by atoms with Gasteiger partial charge in [-0.25, -0.2) is 4.79 Å². The molecule has 0 bridgehead atoms. The van der Waals surface area contributed by atoms with Crippen molar-refractivity contribution in [1.82, 2.24) is 0 Å². The van der Waals surface area contributed by atoms with Gasteiger partial charge in [0.2, 0.25) is 0 Å². The molecule has 0 heterocycles. The van der Waals surface area contributed by atoms with Crippen molar-refractivity contribution in [3.8, 4) is 0 Å². The van der Waals surface area contributed by atoms with Crippen LogP contribution >= 0.6 is 23.5 Å². The lowest BCUT2D eigenvalue weighted by molar-refractivity contribution is -0.132. The standard InChI is InChI=1S/C8H14BrO5P/c9-5-3-1-2-4-7(8(10)11)6-15(12,13)14/h6H,1-5H2,(H,10,11)(H2,12,13,14)/b7-6+. The Morgan fingerprint density at radius 3 is 2.27 bits per heavy atom. The lowest BCUT2D eigenvalue weighted by Crippen LogP contribution is -2.01. The summed E-state index contributed by atoms with van der Waals surface area (Å²) in [5, 5.41) is 9.52. The van der Waals surface area contributed by atoms with Gasteiger partial charge in [0.05, 0.1) is 0 Å². The number of rotatable bonds is 7. The molecule has 15 heavy (non-hydrogen) atoms. The highest BCUT2D eigenvalue weighted by Gasteiger charge is 2.15. The molecular formula is C8H14BrO5P. The smallest absolute Gasteiger partial charge is 0.349 e. The van der Waals surface area contributed by atoms with E-state index in [9.17, 15) is 9.36 Å². The van der Waals surface area contributed by atoms with Gasteiger partial charge in [-0.2, -0.15) is 0 Å². The van der Waals surface area contributed by atoms with Crippen LogP contribution < -0.4 is 0 Å². The summed E-state index contributed by atoms with van der Waals surface area (Å²) in [6.07, 6.45) is 2.55. The van der Waals surface area contributed by atoms with E-state index in [0.717, 1.165) is 18.2 Å². The number of carbonyl (C=O) groups is 1. The fourth-order valence-corrected chi connectivity index (χ4v) is 2.06. The zero-order chi connectivity index (χ0) is 11.9. The third kappa shape index (κ3) is 8.81. The Labute approximate surface area is 96.5 Å². The minimum absolute atomic E-state index is 0.188. The van der Waals surface area contributed by atoms with E-state index in [-0.39, 0.29) is 12.0 Å². The van der Waals surface area contributed by atoms with Gasteiger partial charge in [0.1, 0.15) is 0 Å². The van der Waals surface area contributed by atoms with E-state index in [0.29, 0.717) is 12.2 Å². The van der Waals surface area contributed by atoms with Gasteiger partial charge in [-0.1, -0.05) is 22.4 Å². The van der Waals surface area contributed by atoms with E-state index in [1.54, 1.807) is 0 Å². The van der Waals surface area contributed by atoms with Gasteiger partial charge in [0.25, 0.3) is 0 Å². The number of hydrogen-bond acceptors (Lipinski definition) is 2. The minimum Gasteiger partial charge on any atom is -0.478 e. The number of alkyl halides is 1. The van der Waals surface area contributed by atoms with Crippen LogP contribution in [0.15, 0.2) is 11.4 Å². The molecule has 3 N–H and O–H groups in total. The largest absolute Gasteiger partial charge is 0.478 e. The average Bonchev–Trinajstić information content (AvgIpc) is 2.08. The monoisotopic (exact) mass is 300 g/mol. The van der Waals surface area contributed by atoms with Gasteiger partial charge in [0.15, 0.2) is 0 Å². The third-order valence-electron chi connectivity index (χ3n) is 1.68. The Kier molecular flexibility index (Phi) is 7.09. The summed E-state index contributed by atoms with van der Waals surface area (Å²) in [6.45, 7) is 0. The Bertz CT molecular complexity index is 283. The van der Waals surface area contributed by atoms with Crippen LogP contribution in [-0.2, 0) is 9.36 Å². The van der Waals surface area contributed by atoms with Gasteiger partial charge in [-0.15, -0.1) is 0 Å². The molecule has 0 aromatic carbocycles. The number of unbranched alkanes of at least 4 members (excludes halogenated alkanes) is 2. The highest BCUT2D eigenvalue weighted by atomic mass is 79.9. The molecule has 0 unspecified atom stereocenters. The molecule has 0 aliphatic heterocycles. The summed E-state index contributed by atoms with van der Waals surface area (Å²) >= 11 is 3.24. The van der Waals surface area contributed by atoms with Gasteiger partial charge in [-0.05, 0) is 19.3 Å². The van der Waals surface area contributed by atoms with Crippen LogP contribution in [-0.4, -0.2) is 26.2 Å². The van der Waals surface area contributed by atoms with E-state index < -0.39 is 13.6 Å². The van der Waals surface area contributed by atoms with Crippen LogP contribution in [0.2, 0.25) is 0 Å². The molecule has 0 aromatic heterocycles. The molecule has 5 nitrogen and oxygen atoms in total. The second kappa shape index (κ2) is 7.17. The van der Waals surface area contributed by atoms with Crippen molar-refractivity contribution in [3.63, 3.8) is 0 Å². The molecule has 88 valence electrons. The summed E-state index contributed by atoms with van der Waals surface area (Å²) < 4.78 is 10.6. The first kappa shape index (κ1) is 14.8. The molecule has 0 amide bonds. The van der Waals surface area contributed by atoms with Gasteiger partial charge < -0.3 is 14.9 Å². The zero-order valence-electron chi connectivity index (χ0n) is 8.10. The second-order valence-corrected chi connectivity index (χ2v) is 5.28. The van der Waals surface area contributed by atoms with E-state index in [2.05, 4.69) is 15.9 Å². The Balaban J connectivity index is 4.25. The summed E-state index contributed by atoms with van der Waals surface area (Å²) in [4.78, 5) is 27.8. The van der Waals surface area contributed by atoms with Gasteiger partial charge in [0, 0.05) is 16.7 Å². The predicted molar refractivity (Wildman–Crippen MR) is 60.0 cm³/mol. The molecule has 0 spiro atoms. The van der Waals surface area contributed by atoms with E-state index in [4.69, 9.17) is 14.9 Å². The quantitative estimate of drug-likeness (QED) is 0.290. The number of halogens is 1. The van der Waals surface area contributed by atoms with Crippen LogP contribution in [0.1, 0.15) is 25.7 Å². The molecule has 0 aliphatic rings. The van der Waals surface area contributed by atoms with Crippen LogP contribution in [0, 0.1) is 0 Å². The number of carboxylic acids is 1. The van der Waals surface area contributed by atoms with Crippen molar-refractivity contribution >= 4 is 29.5 Å². The van der Waals surface area contributed by atoms with Crippen molar-refractivity contribution in [1.29, 1.82) is 0 Å². The first-order valence-electron chi connectivity index (χ1n) is 4.43. The van der Waals surface area contributed by atoms with Crippen LogP contribution in [0.25, 0.3) is 0 Å². The summed E-state index contributed by atoms with van der Waals surface area (Å²) in [5.41, 5.74) is -0.210. The van der Waals surface area contributed by atoms with Gasteiger partial charge in [-0.3, -0.25) is 4.57 Å². The molecular weight excluding hydrogens is 287 g/mol. The molecule has 0 aromatic rings. The molecule has 0 saturated heterocycles. The predicted octanol–water partition coefficient (Wildman–Crippen LogP) is 2.09. The van der Waals surface area contributed by atoms with Crippen molar-refractivity contribution < 1.29 is 24.3 Å². The Morgan fingerprint density at radius 2 is 1.87 bits per heavy atom. The topological polar surface area (TPSA) is 94.8 Å². The molecule has 0 aliphatic carbocycles. The highest BCUT2D eigenvalue weighted by molar-refractivity contribution is 9.09. The van der Waals surface area contributed by atoms with Crippen LogP contribution in [0.3, 0.4) is 0 Å². The zero-order valence-corrected chi connectivity index (χ0v) is 10.6. The van der Waals surface area contributed by atoms with Crippen LogP contribution in [0.5, 0.6) is 0 Å². The summed E-state index contributed by atoms with van der Waals surface area (Å²) in [6, 6.07) is 0. The minimum atomic E-state index is -4.38. The lowest BCUT2D eigenvalue weighted by Gasteiger charge is -2.03. The molecule has 0 radical (unpaired) electrons. The van der Waals surface area contributed by atoms with Crippen molar-refractivity contribution in [2.45, 2.75) is 25.7 Å². The molecule has 0 atom stereocenters. The SMILES string of the molecule is O=C(O)/C(=C/P(=O)(O)O)CCCCCBr. The number of aliphatic carboxylic acids is 1. The third-order valence-corrected chi connectivity index (χ3v) is 2.89. The normalized spacial score (nSPS) is 12.9. The second-order valence-electron chi connectivity index (χ2n) is 3.05. The fourth-order valence-electron chi connectivity index (χ4n) is 1.02. The number of hydrogen-bond donors (Lipinski definition) is 3. The van der Waals surface area contributed by atoms with E-state index >= 15 is 0 Å². The molecule has 7 heteroatoms. The van der Waals surface area contributed by atoms with Crippen molar-refractivity contribution in [3.05, 3.63) is 11.4 Å². The molecule has 0 fully saturated rings. The Hall–Kier alpha value is -0.160. The summed E-state index contributed by atoms with van der Waals surface area (Å²) in [5.74, 6) is -0.735. The van der Waals surface area contributed by atoms with Crippen molar-refractivity contribution in [2.75, 3.05) is 5.33 Å². The lowest BCUT2D eigenvalue weighted by atomic mass is 10.1. The number of carboxylic acid groups (broad SMARTS) is 1. The van der Waals surface area contributed by atoms with E-state index in [1.165, 1.54) is 0 Å². The van der Waals surface area contributed by atoms with E-state index in [1.807, 2.05) is 0 Å². The highest BCUT2D eigenvalue weighted by Crippen LogP contribution is 2.38. The maximum absolute atomic E-state index is 10.6. The fraction of sp³-hybridized carbons (Fsp3) is 0.625. The first-order valence-corrected chi connectivity index (χ1v) is 7.23. The summed E-state index contributed by atoms with van der Waals surface area (Å²) in [7, 11) is -4.38. The average molecular weight is 301 g/mol. The molecule has 0 rings (SSSR count). The van der Waals surface area contributed by atoms with Crippen LogP contribution in [0.4, 0.5) is 0 Å². The first-order chi connectivity index (χ1) is 6.87. The molecule has 0 saturated carbocycles. The van der Waals surface area contributed by atoms with Gasteiger partial charge >= 0.3 is 13.6 Å².